The Kier molecular flexibility index (Phi) is 8.66. The second-order valence-electron chi connectivity index (χ2n) is 7.52. The number of oxazole rings is 1. The number of benzene rings is 2. The first-order chi connectivity index (χ1) is 15.2. The van der Waals surface area contributed by atoms with Gasteiger partial charge in [-0.1, -0.05) is 42.5 Å². The van der Waals surface area contributed by atoms with Gasteiger partial charge in [-0.15, -0.1) is 24.0 Å². The van der Waals surface area contributed by atoms with Gasteiger partial charge in [0, 0.05) is 38.7 Å². The summed E-state index contributed by atoms with van der Waals surface area (Å²) in [4.78, 5) is 22.5. The molecule has 0 radical (unpaired) electrons. The van der Waals surface area contributed by atoms with Gasteiger partial charge in [0.1, 0.15) is 6.26 Å². The van der Waals surface area contributed by atoms with Gasteiger partial charge in [-0.25, -0.2) is 4.98 Å². The Morgan fingerprint density at radius 3 is 2.47 bits per heavy atom. The molecule has 32 heavy (non-hydrogen) atoms. The number of rotatable bonds is 7. The maximum Gasteiger partial charge on any atom is 0.226 e. The van der Waals surface area contributed by atoms with Gasteiger partial charge >= 0.3 is 0 Å². The molecule has 2 aromatic carbocycles. The molecule has 1 aliphatic rings. The largest absolute Gasteiger partial charge is 0.444 e. The highest BCUT2D eigenvalue weighted by Gasteiger charge is 2.19. The van der Waals surface area contributed by atoms with Crippen LogP contribution in [0.2, 0.25) is 0 Å². The Morgan fingerprint density at radius 2 is 1.78 bits per heavy atom. The number of hydrogen-bond acceptors (Lipinski definition) is 4. The first-order valence-corrected chi connectivity index (χ1v) is 10.5. The predicted octanol–water partition coefficient (Wildman–Crippen LogP) is 3.95. The summed E-state index contributed by atoms with van der Waals surface area (Å²) in [5.41, 5.74) is 4.06. The summed E-state index contributed by atoms with van der Waals surface area (Å²) in [7, 11) is 1.74. The van der Waals surface area contributed by atoms with Crippen LogP contribution < -0.4 is 10.6 Å². The molecule has 0 saturated carbocycles. The van der Waals surface area contributed by atoms with Gasteiger partial charge in [0.15, 0.2) is 5.96 Å². The molecule has 3 aromatic rings. The van der Waals surface area contributed by atoms with E-state index in [4.69, 9.17) is 4.42 Å². The smallest absolute Gasteiger partial charge is 0.226 e. The first-order valence-electron chi connectivity index (χ1n) is 10.5. The number of aliphatic imine (C=N–C) groups is 1. The van der Waals surface area contributed by atoms with Crippen molar-refractivity contribution in [2.24, 2.45) is 4.99 Å². The van der Waals surface area contributed by atoms with Crippen molar-refractivity contribution in [3.8, 4) is 11.5 Å². The number of nitrogens with one attached hydrogen (secondary N) is 2. The lowest BCUT2D eigenvalue weighted by Crippen LogP contribution is -2.36. The van der Waals surface area contributed by atoms with Crippen LogP contribution >= 0.6 is 24.0 Å². The summed E-state index contributed by atoms with van der Waals surface area (Å²) in [5, 5.41) is 6.57. The van der Waals surface area contributed by atoms with E-state index in [0.29, 0.717) is 37.9 Å². The van der Waals surface area contributed by atoms with Crippen molar-refractivity contribution >= 4 is 35.8 Å². The molecule has 1 aromatic heterocycles. The molecule has 7 nitrogen and oxygen atoms in total. The van der Waals surface area contributed by atoms with Crippen LogP contribution in [-0.2, 0) is 24.4 Å². The number of aromatic nitrogens is 1. The van der Waals surface area contributed by atoms with Crippen molar-refractivity contribution in [1.82, 2.24) is 20.5 Å². The van der Waals surface area contributed by atoms with Crippen LogP contribution in [0.3, 0.4) is 0 Å². The van der Waals surface area contributed by atoms with E-state index in [1.165, 1.54) is 0 Å². The van der Waals surface area contributed by atoms with Crippen molar-refractivity contribution in [3.05, 3.63) is 77.7 Å². The highest BCUT2D eigenvalue weighted by atomic mass is 127. The normalized spacial score (nSPS) is 13.7. The van der Waals surface area contributed by atoms with E-state index in [2.05, 4.69) is 44.9 Å². The fraction of sp³-hybridized carbons (Fsp3) is 0.292. The Balaban J connectivity index is 0.00000289. The van der Waals surface area contributed by atoms with Gasteiger partial charge in [-0.3, -0.25) is 9.79 Å². The molecule has 2 heterocycles. The predicted molar refractivity (Wildman–Crippen MR) is 135 cm³/mol. The number of likely N-dealkylation sites (tertiary alicyclic amines) is 1. The molecule has 1 aliphatic heterocycles. The molecule has 8 heteroatoms. The maximum atomic E-state index is 11.8. The molecule has 1 amide bonds. The van der Waals surface area contributed by atoms with Gasteiger partial charge in [0.05, 0.1) is 12.2 Å². The number of carbonyl (C=O) groups excluding carboxylic acids is 1. The number of hydrogen-bond donors (Lipinski definition) is 2. The minimum Gasteiger partial charge on any atom is -0.444 e. The third-order valence-corrected chi connectivity index (χ3v) is 5.26. The van der Waals surface area contributed by atoms with Crippen LogP contribution in [0, 0.1) is 0 Å². The summed E-state index contributed by atoms with van der Waals surface area (Å²) in [6, 6.07) is 18.2. The van der Waals surface area contributed by atoms with E-state index in [1.54, 1.807) is 13.3 Å². The molecule has 1 fully saturated rings. The van der Waals surface area contributed by atoms with Crippen LogP contribution in [0.4, 0.5) is 0 Å². The lowest BCUT2D eigenvalue weighted by molar-refractivity contribution is -0.128. The molecule has 2 N–H and O–H groups in total. The van der Waals surface area contributed by atoms with Crippen molar-refractivity contribution in [2.75, 3.05) is 13.6 Å². The van der Waals surface area contributed by atoms with Crippen LogP contribution in [0.1, 0.15) is 29.7 Å². The molecule has 168 valence electrons. The Hall–Kier alpha value is -2.88. The SMILES string of the molecule is CN=C(NCc1ccc(CN2CCCC2=O)cc1)NCc1coc(-c2ccccc2)n1.I. The lowest BCUT2D eigenvalue weighted by atomic mass is 10.1. The standard InChI is InChI=1S/C24H27N5O2.HI/c1-25-24(27-15-21-17-31-23(28-21)20-6-3-2-4-7-20)26-14-18-9-11-19(12-10-18)16-29-13-5-8-22(29)30;/h2-4,6-7,9-12,17H,5,8,13-16H2,1H3,(H2,25,26,27);1H. The van der Waals surface area contributed by atoms with Crippen LogP contribution in [0.25, 0.3) is 11.5 Å². The summed E-state index contributed by atoms with van der Waals surface area (Å²) in [5.74, 6) is 1.55. The molecule has 4 rings (SSSR count). The lowest BCUT2D eigenvalue weighted by Gasteiger charge is -2.16. The minimum atomic E-state index is 0. The van der Waals surface area contributed by atoms with Crippen LogP contribution in [-0.4, -0.2) is 35.3 Å². The number of carbonyl (C=O) groups is 1. The average Bonchev–Trinajstić information content (AvgIpc) is 3.45. The monoisotopic (exact) mass is 545 g/mol. The summed E-state index contributed by atoms with van der Waals surface area (Å²) < 4.78 is 5.58. The zero-order valence-electron chi connectivity index (χ0n) is 18.1. The van der Waals surface area contributed by atoms with Crippen LogP contribution in [0.5, 0.6) is 0 Å². The van der Waals surface area contributed by atoms with Crippen LogP contribution in [0.15, 0.2) is 70.3 Å². The molecule has 0 aliphatic carbocycles. The molecule has 0 bridgehead atoms. The molecule has 0 atom stereocenters. The van der Waals surface area contributed by atoms with Gasteiger partial charge in [0.2, 0.25) is 11.8 Å². The fourth-order valence-electron chi connectivity index (χ4n) is 3.54. The third kappa shape index (κ3) is 6.32. The first kappa shape index (κ1) is 23.8. The zero-order valence-corrected chi connectivity index (χ0v) is 20.4. The van der Waals surface area contributed by atoms with Crippen molar-refractivity contribution < 1.29 is 9.21 Å². The molecule has 0 spiro atoms. The van der Waals surface area contributed by atoms with E-state index < -0.39 is 0 Å². The second-order valence-corrected chi connectivity index (χ2v) is 7.52. The number of guanidine groups is 1. The van der Waals surface area contributed by atoms with Gasteiger partial charge < -0.3 is 20.0 Å². The van der Waals surface area contributed by atoms with E-state index in [9.17, 15) is 4.79 Å². The number of nitrogens with zero attached hydrogens (tertiary/aromatic N) is 3. The number of halogens is 1. The highest BCUT2D eigenvalue weighted by molar-refractivity contribution is 14.0. The maximum absolute atomic E-state index is 11.8. The fourth-order valence-corrected chi connectivity index (χ4v) is 3.54. The summed E-state index contributed by atoms with van der Waals surface area (Å²) in [6.45, 7) is 2.72. The van der Waals surface area contributed by atoms with E-state index >= 15 is 0 Å². The summed E-state index contributed by atoms with van der Waals surface area (Å²) in [6.07, 6.45) is 3.30. The quantitative estimate of drug-likeness (QED) is 0.267. The van der Waals surface area contributed by atoms with E-state index in [0.717, 1.165) is 35.3 Å². The van der Waals surface area contributed by atoms with Crippen molar-refractivity contribution in [3.63, 3.8) is 0 Å². The van der Waals surface area contributed by atoms with Gasteiger partial charge in [-0.05, 0) is 29.7 Å². The van der Waals surface area contributed by atoms with Crippen molar-refractivity contribution in [1.29, 1.82) is 0 Å². The Labute approximate surface area is 205 Å². The minimum absolute atomic E-state index is 0. The Bertz CT molecular complexity index is 1030. The molecular weight excluding hydrogens is 517 g/mol. The highest BCUT2D eigenvalue weighted by Crippen LogP contribution is 2.18. The van der Waals surface area contributed by atoms with Crippen molar-refractivity contribution in [2.45, 2.75) is 32.5 Å². The third-order valence-electron chi connectivity index (χ3n) is 5.26. The van der Waals surface area contributed by atoms with E-state index in [-0.39, 0.29) is 29.9 Å². The van der Waals surface area contributed by atoms with Gasteiger partial charge in [-0.2, -0.15) is 0 Å². The Morgan fingerprint density at radius 1 is 1.06 bits per heavy atom. The van der Waals surface area contributed by atoms with E-state index in [1.807, 2.05) is 35.2 Å². The zero-order chi connectivity index (χ0) is 21.5. The van der Waals surface area contributed by atoms with Gasteiger partial charge in [0.25, 0.3) is 0 Å². The average molecular weight is 545 g/mol. The molecule has 1 saturated heterocycles. The second kappa shape index (κ2) is 11.7. The molecule has 0 unspecified atom stereocenters. The molecular formula is C24H28IN5O2. The topological polar surface area (TPSA) is 82.8 Å². The summed E-state index contributed by atoms with van der Waals surface area (Å²) >= 11 is 0. The number of amides is 1.